The van der Waals surface area contributed by atoms with Crippen LogP contribution < -0.4 is 5.73 Å². The number of nitrogen functional groups attached to an aromatic ring is 1. The lowest BCUT2D eigenvalue weighted by molar-refractivity contribution is 0.114. The largest absolute Gasteiger partial charge is 0.382 e. The Labute approximate surface area is 104 Å². The molecular formula is C13H23N3O. The van der Waals surface area contributed by atoms with Crippen LogP contribution in [0.3, 0.4) is 0 Å². The molecule has 2 N–H and O–H groups in total. The van der Waals surface area contributed by atoms with Gasteiger partial charge in [-0.25, -0.2) is 4.98 Å². The van der Waals surface area contributed by atoms with Crippen molar-refractivity contribution in [3.05, 3.63) is 18.1 Å². The number of nitrogens with zero attached hydrogens (tertiary/aromatic N) is 2. The molecule has 0 saturated carbocycles. The summed E-state index contributed by atoms with van der Waals surface area (Å²) in [6.07, 6.45) is 10.9. The number of aromatic nitrogens is 2. The van der Waals surface area contributed by atoms with E-state index in [2.05, 4.69) is 16.9 Å². The van der Waals surface area contributed by atoms with Crippen molar-refractivity contribution in [1.29, 1.82) is 0 Å². The normalized spacial score (nSPS) is 10.6. The summed E-state index contributed by atoms with van der Waals surface area (Å²) < 4.78 is 5.52. The molecule has 96 valence electrons. The first-order valence-electron chi connectivity index (χ1n) is 6.47. The van der Waals surface area contributed by atoms with E-state index in [1.165, 1.54) is 32.1 Å². The molecule has 0 aromatic carbocycles. The molecule has 17 heavy (non-hydrogen) atoms. The molecule has 0 bridgehead atoms. The van der Waals surface area contributed by atoms with Crippen LogP contribution in [-0.2, 0) is 11.3 Å². The second-order valence-electron chi connectivity index (χ2n) is 4.25. The summed E-state index contributed by atoms with van der Waals surface area (Å²) in [5, 5.41) is 0. The quantitative estimate of drug-likeness (QED) is 0.671. The van der Waals surface area contributed by atoms with Crippen molar-refractivity contribution in [3.63, 3.8) is 0 Å². The Hall–Kier alpha value is -1.16. The molecule has 0 spiro atoms. The maximum Gasteiger partial charge on any atom is 0.141 e. The summed E-state index contributed by atoms with van der Waals surface area (Å²) in [5.41, 5.74) is 6.28. The number of nitrogens with two attached hydrogens (primary N) is 1. The highest BCUT2D eigenvalue weighted by Crippen LogP contribution is 2.05. The predicted molar refractivity (Wildman–Crippen MR) is 69.5 cm³/mol. The lowest BCUT2D eigenvalue weighted by atomic mass is 10.1. The molecule has 1 rings (SSSR count). The summed E-state index contributed by atoms with van der Waals surface area (Å²) in [7, 11) is 0. The first kappa shape index (κ1) is 13.9. The molecule has 1 aromatic rings. The zero-order valence-corrected chi connectivity index (χ0v) is 10.7. The third kappa shape index (κ3) is 6.89. The number of unbranched alkanes of at least 4 members (excludes halogenated alkanes) is 5. The van der Waals surface area contributed by atoms with Gasteiger partial charge in [0.05, 0.1) is 24.7 Å². The van der Waals surface area contributed by atoms with Crippen LogP contribution in [0.25, 0.3) is 0 Å². The fraction of sp³-hybridized carbons (Fsp3) is 0.692. The second-order valence-corrected chi connectivity index (χ2v) is 4.25. The van der Waals surface area contributed by atoms with E-state index in [4.69, 9.17) is 10.5 Å². The van der Waals surface area contributed by atoms with E-state index in [9.17, 15) is 0 Å². The highest BCUT2D eigenvalue weighted by Gasteiger charge is 1.96. The van der Waals surface area contributed by atoms with Crippen molar-refractivity contribution in [2.45, 2.75) is 52.1 Å². The highest BCUT2D eigenvalue weighted by molar-refractivity contribution is 5.22. The van der Waals surface area contributed by atoms with Crippen LogP contribution in [0, 0.1) is 0 Å². The molecule has 0 atom stereocenters. The van der Waals surface area contributed by atoms with Crippen molar-refractivity contribution in [1.82, 2.24) is 9.97 Å². The third-order valence-electron chi connectivity index (χ3n) is 2.62. The predicted octanol–water partition coefficient (Wildman–Crippen LogP) is 2.94. The van der Waals surface area contributed by atoms with Gasteiger partial charge in [-0.1, -0.05) is 39.0 Å². The van der Waals surface area contributed by atoms with E-state index in [0.717, 1.165) is 18.7 Å². The summed E-state index contributed by atoms with van der Waals surface area (Å²) in [5.74, 6) is 0.449. The summed E-state index contributed by atoms with van der Waals surface area (Å²) >= 11 is 0. The zero-order valence-electron chi connectivity index (χ0n) is 10.7. The monoisotopic (exact) mass is 237 g/mol. The molecule has 1 heterocycles. The average Bonchev–Trinajstić information content (AvgIpc) is 2.35. The molecule has 0 amide bonds. The van der Waals surface area contributed by atoms with Crippen molar-refractivity contribution < 1.29 is 4.74 Å². The van der Waals surface area contributed by atoms with Gasteiger partial charge in [0.15, 0.2) is 0 Å². The van der Waals surface area contributed by atoms with Crippen LogP contribution in [0.1, 0.15) is 51.1 Å². The van der Waals surface area contributed by atoms with Crippen LogP contribution in [-0.4, -0.2) is 16.6 Å². The van der Waals surface area contributed by atoms with Gasteiger partial charge in [-0.2, -0.15) is 0 Å². The first-order chi connectivity index (χ1) is 8.33. The van der Waals surface area contributed by atoms with E-state index in [0.29, 0.717) is 12.4 Å². The lowest BCUT2D eigenvalue weighted by Crippen LogP contribution is -2.00. The minimum absolute atomic E-state index is 0.449. The van der Waals surface area contributed by atoms with Gasteiger partial charge < -0.3 is 10.5 Å². The molecule has 0 fully saturated rings. The van der Waals surface area contributed by atoms with Crippen LogP contribution in [0.4, 0.5) is 5.82 Å². The van der Waals surface area contributed by atoms with E-state index in [1.54, 1.807) is 12.4 Å². The Balaban J connectivity index is 1.95. The van der Waals surface area contributed by atoms with Gasteiger partial charge in [-0.05, 0) is 6.42 Å². The van der Waals surface area contributed by atoms with Gasteiger partial charge in [0, 0.05) is 6.61 Å². The molecular weight excluding hydrogens is 214 g/mol. The minimum atomic E-state index is 0.449. The average molecular weight is 237 g/mol. The van der Waals surface area contributed by atoms with Crippen molar-refractivity contribution in [2.75, 3.05) is 12.3 Å². The topological polar surface area (TPSA) is 61.0 Å². The van der Waals surface area contributed by atoms with Crippen molar-refractivity contribution in [2.24, 2.45) is 0 Å². The number of anilines is 1. The van der Waals surface area contributed by atoms with Crippen molar-refractivity contribution >= 4 is 5.82 Å². The van der Waals surface area contributed by atoms with Gasteiger partial charge in [-0.3, -0.25) is 4.98 Å². The van der Waals surface area contributed by atoms with Gasteiger partial charge in [0.25, 0.3) is 0 Å². The second kappa shape index (κ2) is 8.93. The standard InChI is InChI=1S/C13H23N3O/c1-2-3-4-5-6-7-8-17-11-12-9-16-13(14)10-15-12/h9-10H,2-8,11H2,1H3,(H2,14,16). The van der Waals surface area contributed by atoms with Gasteiger partial charge in [0.1, 0.15) is 5.82 Å². The summed E-state index contributed by atoms with van der Waals surface area (Å²) in [6.45, 7) is 3.57. The SMILES string of the molecule is CCCCCCCCOCc1cnc(N)cn1. The van der Waals surface area contributed by atoms with Crippen LogP contribution in [0.5, 0.6) is 0 Å². The molecule has 4 heteroatoms. The summed E-state index contributed by atoms with van der Waals surface area (Å²) in [4.78, 5) is 8.09. The van der Waals surface area contributed by atoms with Crippen molar-refractivity contribution in [3.8, 4) is 0 Å². The molecule has 0 radical (unpaired) electrons. The maximum atomic E-state index is 5.52. The Morgan fingerprint density at radius 2 is 1.82 bits per heavy atom. The number of hydrogen-bond donors (Lipinski definition) is 1. The molecule has 0 aliphatic heterocycles. The molecule has 0 saturated heterocycles. The van der Waals surface area contributed by atoms with Gasteiger partial charge >= 0.3 is 0 Å². The van der Waals surface area contributed by atoms with Crippen LogP contribution in [0.2, 0.25) is 0 Å². The summed E-state index contributed by atoms with van der Waals surface area (Å²) in [6, 6.07) is 0. The maximum absolute atomic E-state index is 5.52. The van der Waals surface area contributed by atoms with E-state index < -0.39 is 0 Å². The van der Waals surface area contributed by atoms with Gasteiger partial charge in [0.2, 0.25) is 0 Å². The van der Waals surface area contributed by atoms with E-state index in [1.807, 2.05) is 0 Å². The Morgan fingerprint density at radius 1 is 1.06 bits per heavy atom. The molecule has 0 aliphatic carbocycles. The van der Waals surface area contributed by atoms with Crippen LogP contribution >= 0.6 is 0 Å². The number of hydrogen-bond acceptors (Lipinski definition) is 4. The Bertz CT molecular complexity index is 287. The fourth-order valence-corrected chi connectivity index (χ4v) is 1.60. The minimum Gasteiger partial charge on any atom is -0.382 e. The number of ether oxygens (including phenoxy) is 1. The number of rotatable bonds is 9. The van der Waals surface area contributed by atoms with E-state index >= 15 is 0 Å². The third-order valence-corrected chi connectivity index (χ3v) is 2.62. The highest BCUT2D eigenvalue weighted by atomic mass is 16.5. The van der Waals surface area contributed by atoms with E-state index in [-0.39, 0.29) is 0 Å². The molecule has 4 nitrogen and oxygen atoms in total. The Morgan fingerprint density at radius 3 is 2.53 bits per heavy atom. The van der Waals surface area contributed by atoms with Crippen LogP contribution in [0.15, 0.2) is 12.4 Å². The molecule has 1 aromatic heterocycles. The fourth-order valence-electron chi connectivity index (χ4n) is 1.60. The smallest absolute Gasteiger partial charge is 0.141 e. The molecule has 0 aliphatic rings. The Kier molecular flexibility index (Phi) is 7.30. The zero-order chi connectivity index (χ0) is 12.3. The first-order valence-corrected chi connectivity index (χ1v) is 6.47. The van der Waals surface area contributed by atoms with Gasteiger partial charge in [-0.15, -0.1) is 0 Å². The molecule has 0 unspecified atom stereocenters. The lowest BCUT2D eigenvalue weighted by Gasteiger charge is -2.03.